The van der Waals surface area contributed by atoms with Crippen molar-refractivity contribution in [2.75, 3.05) is 26.2 Å². The van der Waals surface area contributed by atoms with Gasteiger partial charge in [0, 0.05) is 13.0 Å². The van der Waals surface area contributed by atoms with E-state index in [0.717, 1.165) is 44.6 Å². The molecule has 1 saturated heterocycles. The van der Waals surface area contributed by atoms with E-state index in [-0.39, 0.29) is 11.3 Å². The predicted molar refractivity (Wildman–Crippen MR) is 84.4 cm³/mol. The van der Waals surface area contributed by atoms with Crippen LogP contribution in [0.2, 0.25) is 0 Å². The molecule has 1 aliphatic rings. The molecule has 2 rings (SSSR count). The molecule has 0 unspecified atom stereocenters. The van der Waals surface area contributed by atoms with Crippen LogP contribution in [0.1, 0.15) is 32.6 Å². The minimum Gasteiger partial charge on any atom is -0.494 e. The molecule has 1 heterocycles. The number of rotatable bonds is 7. The van der Waals surface area contributed by atoms with Gasteiger partial charge < -0.3 is 15.4 Å². The molecule has 0 radical (unpaired) electrons. The van der Waals surface area contributed by atoms with E-state index < -0.39 is 0 Å². The highest BCUT2D eigenvalue weighted by atomic mass is 16.5. The molecule has 0 aliphatic carbocycles. The highest BCUT2D eigenvalue weighted by molar-refractivity contribution is 5.75. The SMILES string of the molecule is CC1(CNC(=O)CCCOc2ccccc2)CCNCC1. The Bertz CT molecular complexity index is 428. The van der Waals surface area contributed by atoms with E-state index in [4.69, 9.17) is 4.74 Å². The smallest absolute Gasteiger partial charge is 0.220 e. The molecule has 0 spiro atoms. The van der Waals surface area contributed by atoms with Crippen LogP contribution in [0.4, 0.5) is 0 Å². The number of benzene rings is 1. The van der Waals surface area contributed by atoms with Crippen LogP contribution in [0.25, 0.3) is 0 Å². The summed E-state index contributed by atoms with van der Waals surface area (Å²) in [6, 6.07) is 9.71. The number of carbonyl (C=O) groups excluding carboxylic acids is 1. The minimum absolute atomic E-state index is 0.131. The first-order valence-corrected chi connectivity index (χ1v) is 7.83. The zero-order valence-corrected chi connectivity index (χ0v) is 12.9. The molecule has 0 bridgehead atoms. The Morgan fingerprint density at radius 3 is 2.71 bits per heavy atom. The summed E-state index contributed by atoms with van der Waals surface area (Å²) in [5, 5.41) is 6.43. The number of hydrogen-bond donors (Lipinski definition) is 2. The summed E-state index contributed by atoms with van der Waals surface area (Å²) >= 11 is 0. The van der Waals surface area contributed by atoms with Crippen molar-refractivity contribution < 1.29 is 9.53 Å². The lowest BCUT2D eigenvalue weighted by atomic mass is 9.81. The molecule has 0 aromatic heterocycles. The van der Waals surface area contributed by atoms with Gasteiger partial charge >= 0.3 is 0 Å². The molecular weight excluding hydrogens is 264 g/mol. The van der Waals surface area contributed by atoms with Gasteiger partial charge in [0.25, 0.3) is 0 Å². The number of para-hydroxylation sites is 1. The van der Waals surface area contributed by atoms with Crippen LogP contribution >= 0.6 is 0 Å². The monoisotopic (exact) mass is 290 g/mol. The Morgan fingerprint density at radius 2 is 2.00 bits per heavy atom. The van der Waals surface area contributed by atoms with Gasteiger partial charge in [-0.15, -0.1) is 0 Å². The molecule has 116 valence electrons. The molecule has 1 fully saturated rings. The van der Waals surface area contributed by atoms with Gasteiger partial charge in [-0.1, -0.05) is 25.1 Å². The summed E-state index contributed by atoms with van der Waals surface area (Å²) in [5.74, 6) is 0.992. The Hall–Kier alpha value is -1.55. The fraction of sp³-hybridized carbons (Fsp3) is 0.588. The molecule has 21 heavy (non-hydrogen) atoms. The first-order valence-electron chi connectivity index (χ1n) is 7.83. The molecule has 4 nitrogen and oxygen atoms in total. The summed E-state index contributed by atoms with van der Waals surface area (Å²) in [4.78, 5) is 11.9. The topological polar surface area (TPSA) is 50.4 Å². The highest BCUT2D eigenvalue weighted by Gasteiger charge is 2.26. The van der Waals surface area contributed by atoms with Gasteiger partial charge in [0.1, 0.15) is 5.75 Å². The van der Waals surface area contributed by atoms with Crippen molar-refractivity contribution in [3.63, 3.8) is 0 Å². The number of ether oxygens (including phenoxy) is 1. The normalized spacial score (nSPS) is 17.2. The minimum atomic E-state index is 0.131. The van der Waals surface area contributed by atoms with Gasteiger partial charge in [-0.3, -0.25) is 4.79 Å². The zero-order valence-electron chi connectivity index (χ0n) is 12.9. The lowest BCUT2D eigenvalue weighted by Crippen LogP contribution is -2.42. The Labute approximate surface area is 127 Å². The van der Waals surface area contributed by atoms with E-state index in [2.05, 4.69) is 17.6 Å². The van der Waals surface area contributed by atoms with Gasteiger partial charge in [-0.25, -0.2) is 0 Å². The Kier molecular flexibility index (Phi) is 6.05. The summed E-state index contributed by atoms with van der Waals surface area (Å²) < 4.78 is 5.58. The summed E-state index contributed by atoms with van der Waals surface area (Å²) in [6.07, 6.45) is 3.54. The van der Waals surface area contributed by atoms with E-state index in [1.165, 1.54) is 0 Å². The van der Waals surface area contributed by atoms with E-state index in [1.54, 1.807) is 0 Å². The Balaban J connectivity index is 1.57. The highest BCUT2D eigenvalue weighted by Crippen LogP contribution is 2.26. The van der Waals surface area contributed by atoms with Crippen molar-refractivity contribution in [3.8, 4) is 5.75 Å². The van der Waals surface area contributed by atoms with Gasteiger partial charge in [0.05, 0.1) is 6.61 Å². The largest absolute Gasteiger partial charge is 0.494 e. The van der Waals surface area contributed by atoms with Crippen LogP contribution < -0.4 is 15.4 Å². The maximum atomic E-state index is 11.9. The van der Waals surface area contributed by atoms with Crippen molar-refractivity contribution in [2.45, 2.75) is 32.6 Å². The average Bonchev–Trinajstić information content (AvgIpc) is 2.51. The molecule has 4 heteroatoms. The lowest BCUT2D eigenvalue weighted by Gasteiger charge is -2.34. The second-order valence-corrected chi connectivity index (χ2v) is 6.10. The third-order valence-corrected chi connectivity index (χ3v) is 4.08. The predicted octanol–water partition coefficient (Wildman–Crippen LogP) is 2.35. The molecule has 1 aromatic rings. The molecule has 1 amide bonds. The van der Waals surface area contributed by atoms with Gasteiger partial charge in [0.15, 0.2) is 0 Å². The van der Waals surface area contributed by atoms with Crippen molar-refractivity contribution in [1.29, 1.82) is 0 Å². The van der Waals surface area contributed by atoms with Crippen molar-refractivity contribution in [2.24, 2.45) is 5.41 Å². The first-order chi connectivity index (χ1) is 10.2. The standard InChI is InChI=1S/C17H26N2O2/c1-17(9-11-18-12-10-17)14-19-16(20)8-5-13-21-15-6-3-2-4-7-15/h2-4,6-7,18H,5,8-14H2,1H3,(H,19,20). The van der Waals surface area contributed by atoms with Crippen LogP contribution in [0, 0.1) is 5.41 Å². The first kappa shape index (κ1) is 15.8. The molecule has 0 atom stereocenters. The van der Waals surface area contributed by atoms with E-state index in [1.807, 2.05) is 30.3 Å². The summed E-state index contributed by atoms with van der Waals surface area (Å²) in [5.41, 5.74) is 0.251. The van der Waals surface area contributed by atoms with Crippen LogP contribution in [0.15, 0.2) is 30.3 Å². The van der Waals surface area contributed by atoms with E-state index in [0.29, 0.717) is 13.0 Å². The van der Waals surface area contributed by atoms with E-state index >= 15 is 0 Å². The van der Waals surface area contributed by atoms with Crippen molar-refractivity contribution in [3.05, 3.63) is 30.3 Å². The van der Waals surface area contributed by atoms with Crippen molar-refractivity contribution in [1.82, 2.24) is 10.6 Å². The molecule has 2 N–H and O–H groups in total. The summed E-state index contributed by atoms with van der Waals surface area (Å²) in [7, 11) is 0. The second kappa shape index (κ2) is 8.03. The maximum Gasteiger partial charge on any atom is 0.220 e. The zero-order chi connectivity index (χ0) is 15.0. The van der Waals surface area contributed by atoms with Gasteiger partial charge in [-0.05, 0) is 49.9 Å². The quantitative estimate of drug-likeness (QED) is 0.758. The molecular formula is C17H26N2O2. The third-order valence-electron chi connectivity index (χ3n) is 4.08. The number of amides is 1. The Morgan fingerprint density at radius 1 is 1.29 bits per heavy atom. The molecule has 0 saturated carbocycles. The number of hydrogen-bond acceptors (Lipinski definition) is 3. The van der Waals surface area contributed by atoms with Gasteiger partial charge in [-0.2, -0.15) is 0 Å². The molecule has 1 aliphatic heterocycles. The van der Waals surface area contributed by atoms with Crippen LogP contribution in [-0.2, 0) is 4.79 Å². The van der Waals surface area contributed by atoms with Crippen LogP contribution in [0.3, 0.4) is 0 Å². The van der Waals surface area contributed by atoms with Gasteiger partial charge in [0.2, 0.25) is 5.91 Å². The van der Waals surface area contributed by atoms with Crippen LogP contribution in [-0.4, -0.2) is 32.1 Å². The number of carbonyl (C=O) groups is 1. The maximum absolute atomic E-state index is 11.9. The molecule has 1 aromatic carbocycles. The number of nitrogens with one attached hydrogen (secondary N) is 2. The van der Waals surface area contributed by atoms with Crippen LogP contribution in [0.5, 0.6) is 5.75 Å². The summed E-state index contributed by atoms with van der Waals surface area (Å²) in [6.45, 7) is 5.73. The van der Waals surface area contributed by atoms with E-state index in [9.17, 15) is 4.79 Å². The average molecular weight is 290 g/mol. The fourth-order valence-corrected chi connectivity index (χ4v) is 2.55. The second-order valence-electron chi connectivity index (χ2n) is 6.10. The fourth-order valence-electron chi connectivity index (χ4n) is 2.55. The third kappa shape index (κ3) is 5.76. The number of piperidine rings is 1. The lowest BCUT2D eigenvalue weighted by molar-refractivity contribution is -0.121. The van der Waals surface area contributed by atoms with Crippen molar-refractivity contribution >= 4 is 5.91 Å².